The van der Waals surface area contributed by atoms with Crippen molar-refractivity contribution in [2.75, 3.05) is 31.6 Å². The molecule has 0 aromatic heterocycles. The lowest BCUT2D eigenvalue weighted by atomic mass is 10.2. The molecule has 1 heterocycles. The molecule has 1 fully saturated rings. The third-order valence-electron chi connectivity index (χ3n) is 3.03. The molecule has 0 amide bonds. The van der Waals surface area contributed by atoms with E-state index in [0.717, 1.165) is 11.5 Å². The molecule has 1 N–H and O–H groups in total. The van der Waals surface area contributed by atoms with Crippen LogP contribution in [0.25, 0.3) is 0 Å². The number of halogens is 2. The fourth-order valence-electron chi connectivity index (χ4n) is 2.05. The van der Waals surface area contributed by atoms with Crippen LogP contribution in [0, 0.1) is 5.82 Å². The van der Waals surface area contributed by atoms with Crippen molar-refractivity contribution in [3.8, 4) is 0 Å². The Morgan fingerprint density at radius 2 is 2.05 bits per heavy atom. The summed E-state index contributed by atoms with van der Waals surface area (Å²) >= 11 is 4.96. The van der Waals surface area contributed by atoms with E-state index < -0.39 is 15.8 Å². The van der Waals surface area contributed by atoms with Gasteiger partial charge in [0, 0.05) is 41.2 Å². The third-order valence-corrected chi connectivity index (χ3v) is 6.33. The van der Waals surface area contributed by atoms with E-state index in [1.807, 2.05) is 0 Å². The first-order valence-electron chi connectivity index (χ1n) is 6.17. The summed E-state index contributed by atoms with van der Waals surface area (Å²) in [5.74, 6) is 0.831. The molecule has 1 aromatic rings. The molecule has 0 aliphatic carbocycles. The van der Waals surface area contributed by atoms with Gasteiger partial charge < -0.3 is 5.32 Å². The number of rotatable bonds is 4. The highest BCUT2D eigenvalue weighted by Crippen LogP contribution is 2.28. The highest BCUT2D eigenvalue weighted by Gasteiger charge is 2.30. The van der Waals surface area contributed by atoms with Crippen LogP contribution in [-0.2, 0) is 16.6 Å². The molecule has 2 rings (SSSR count). The predicted octanol–water partition coefficient (Wildman–Crippen LogP) is 2.05. The number of thioether (sulfide) groups is 1. The number of nitrogens with zero attached hydrogens (tertiary/aromatic N) is 1. The normalized spacial score (nSPS) is 17.4. The van der Waals surface area contributed by atoms with E-state index in [0.29, 0.717) is 23.1 Å². The number of hydrogen-bond acceptors (Lipinski definition) is 4. The van der Waals surface area contributed by atoms with E-state index in [2.05, 4.69) is 21.2 Å². The molecule has 0 spiro atoms. The molecule has 112 valence electrons. The van der Waals surface area contributed by atoms with Crippen molar-refractivity contribution in [3.63, 3.8) is 0 Å². The zero-order valence-electron chi connectivity index (χ0n) is 11.0. The average Bonchev–Trinajstić information content (AvgIpc) is 2.43. The summed E-state index contributed by atoms with van der Waals surface area (Å²) < 4.78 is 41.4. The lowest BCUT2D eigenvalue weighted by Crippen LogP contribution is -2.38. The van der Waals surface area contributed by atoms with Crippen LogP contribution in [-0.4, -0.2) is 44.4 Å². The van der Waals surface area contributed by atoms with E-state index >= 15 is 0 Å². The van der Waals surface area contributed by atoms with E-state index in [9.17, 15) is 12.8 Å². The molecule has 0 radical (unpaired) electrons. The fourth-order valence-corrected chi connectivity index (χ4v) is 5.42. The van der Waals surface area contributed by atoms with Gasteiger partial charge in [-0.2, -0.15) is 16.1 Å². The van der Waals surface area contributed by atoms with Gasteiger partial charge in [0.25, 0.3) is 0 Å². The van der Waals surface area contributed by atoms with Crippen LogP contribution in [0.15, 0.2) is 21.5 Å². The molecule has 1 aliphatic heterocycles. The minimum Gasteiger partial charge on any atom is -0.316 e. The molecular weight excluding hydrogens is 367 g/mol. The first-order valence-corrected chi connectivity index (χ1v) is 9.56. The van der Waals surface area contributed by atoms with Crippen molar-refractivity contribution in [2.45, 2.75) is 11.4 Å². The van der Waals surface area contributed by atoms with Crippen molar-refractivity contribution >= 4 is 37.7 Å². The van der Waals surface area contributed by atoms with Crippen LogP contribution in [0.3, 0.4) is 0 Å². The lowest BCUT2D eigenvalue weighted by molar-refractivity contribution is 0.437. The van der Waals surface area contributed by atoms with Crippen molar-refractivity contribution in [1.82, 2.24) is 9.62 Å². The van der Waals surface area contributed by atoms with Gasteiger partial charge in [0.2, 0.25) is 10.0 Å². The van der Waals surface area contributed by atoms with Gasteiger partial charge >= 0.3 is 0 Å². The summed E-state index contributed by atoms with van der Waals surface area (Å²) in [6.07, 6.45) is 0. The maximum Gasteiger partial charge on any atom is 0.246 e. The van der Waals surface area contributed by atoms with Gasteiger partial charge in [-0.15, -0.1) is 0 Å². The number of hydrogen-bond donors (Lipinski definition) is 1. The summed E-state index contributed by atoms with van der Waals surface area (Å²) in [4.78, 5) is -0.246. The Bertz CT molecular complexity index is 589. The van der Waals surface area contributed by atoms with E-state index in [1.165, 1.54) is 10.4 Å². The SMILES string of the molecule is CNCc1cc(Br)cc(S(=O)(=O)N2CCSCC2)c1F. The lowest BCUT2D eigenvalue weighted by Gasteiger charge is -2.26. The molecule has 1 aromatic carbocycles. The second-order valence-electron chi connectivity index (χ2n) is 4.42. The van der Waals surface area contributed by atoms with Crippen LogP contribution in [0.2, 0.25) is 0 Å². The van der Waals surface area contributed by atoms with Gasteiger partial charge in [-0.05, 0) is 19.2 Å². The molecule has 1 saturated heterocycles. The van der Waals surface area contributed by atoms with Gasteiger partial charge in [-0.3, -0.25) is 0 Å². The average molecular weight is 383 g/mol. The predicted molar refractivity (Wildman–Crippen MR) is 82.9 cm³/mol. The molecule has 4 nitrogen and oxygen atoms in total. The van der Waals surface area contributed by atoms with Gasteiger partial charge in [-0.25, -0.2) is 12.8 Å². The molecule has 20 heavy (non-hydrogen) atoms. The molecule has 8 heteroatoms. The first kappa shape index (κ1) is 16.2. The van der Waals surface area contributed by atoms with E-state index in [1.54, 1.807) is 24.9 Å². The van der Waals surface area contributed by atoms with Crippen molar-refractivity contribution < 1.29 is 12.8 Å². The van der Waals surface area contributed by atoms with Crippen LogP contribution >= 0.6 is 27.7 Å². The number of sulfonamides is 1. The fraction of sp³-hybridized carbons (Fsp3) is 0.500. The summed E-state index contributed by atoms with van der Waals surface area (Å²) in [7, 11) is -2.08. The molecule has 0 unspecified atom stereocenters. The molecule has 1 aliphatic rings. The van der Waals surface area contributed by atoms with Crippen LogP contribution in [0.1, 0.15) is 5.56 Å². The zero-order valence-corrected chi connectivity index (χ0v) is 14.2. The molecule has 0 atom stereocenters. The van der Waals surface area contributed by atoms with Crippen LogP contribution in [0.4, 0.5) is 4.39 Å². The van der Waals surface area contributed by atoms with Crippen molar-refractivity contribution in [3.05, 3.63) is 28.0 Å². The third kappa shape index (κ3) is 3.36. The zero-order chi connectivity index (χ0) is 14.8. The Kier molecular flexibility index (Phi) is 5.47. The van der Waals surface area contributed by atoms with Crippen LogP contribution < -0.4 is 5.32 Å². The Morgan fingerprint density at radius 3 is 2.65 bits per heavy atom. The summed E-state index contributed by atoms with van der Waals surface area (Å²) in [6, 6.07) is 2.93. The smallest absolute Gasteiger partial charge is 0.246 e. The number of nitrogens with one attached hydrogen (secondary N) is 1. The van der Waals surface area contributed by atoms with E-state index in [-0.39, 0.29) is 11.4 Å². The quantitative estimate of drug-likeness (QED) is 0.865. The maximum absolute atomic E-state index is 14.4. The van der Waals surface area contributed by atoms with Crippen LogP contribution in [0.5, 0.6) is 0 Å². The number of benzene rings is 1. The Balaban J connectivity index is 2.45. The minimum absolute atomic E-state index is 0.246. The van der Waals surface area contributed by atoms with E-state index in [4.69, 9.17) is 0 Å². The van der Waals surface area contributed by atoms with Gasteiger partial charge in [0.1, 0.15) is 10.7 Å². The standard InChI is InChI=1S/C12H16BrFN2O2S2/c1-15-8-9-6-10(13)7-11(12(9)14)20(17,18)16-2-4-19-5-3-16/h6-7,15H,2-5,8H2,1H3. The highest BCUT2D eigenvalue weighted by atomic mass is 79.9. The summed E-state index contributed by atoms with van der Waals surface area (Å²) in [5, 5.41) is 2.84. The monoisotopic (exact) mass is 382 g/mol. The second-order valence-corrected chi connectivity index (χ2v) is 8.47. The van der Waals surface area contributed by atoms with Gasteiger partial charge in [0.15, 0.2) is 0 Å². The topological polar surface area (TPSA) is 49.4 Å². The Hall–Kier alpha value is -0.150. The van der Waals surface area contributed by atoms with Crippen molar-refractivity contribution in [1.29, 1.82) is 0 Å². The first-order chi connectivity index (χ1) is 9.46. The molecule has 0 bridgehead atoms. The largest absolute Gasteiger partial charge is 0.316 e. The molecular formula is C12H16BrFN2O2S2. The second kappa shape index (κ2) is 6.74. The minimum atomic E-state index is -3.77. The van der Waals surface area contributed by atoms with Gasteiger partial charge in [-0.1, -0.05) is 15.9 Å². The highest BCUT2D eigenvalue weighted by molar-refractivity contribution is 9.10. The summed E-state index contributed by atoms with van der Waals surface area (Å²) in [5.41, 5.74) is 0.340. The van der Waals surface area contributed by atoms with Crippen molar-refractivity contribution in [2.24, 2.45) is 0 Å². The Labute approximate surface area is 131 Å². The maximum atomic E-state index is 14.4. The molecule has 0 saturated carbocycles. The summed E-state index contributed by atoms with van der Waals surface area (Å²) in [6.45, 7) is 1.14. The van der Waals surface area contributed by atoms with Gasteiger partial charge in [0.05, 0.1) is 0 Å². The Morgan fingerprint density at radius 1 is 1.40 bits per heavy atom.